The van der Waals surface area contributed by atoms with Gasteiger partial charge in [0, 0.05) is 20.3 Å². The zero-order valence-electron chi connectivity index (χ0n) is 14.6. The average Bonchev–Trinajstić information content (AvgIpc) is 2.53. The number of aryl methyl sites for hydroxylation is 1. The Hall–Kier alpha value is -1.64. The quantitative estimate of drug-likeness (QED) is 0.613. The molecule has 0 fully saturated rings. The maximum atomic E-state index is 12.4. The highest BCUT2D eigenvalue weighted by atomic mass is 32.2. The average molecular weight is 358 g/mol. The summed E-state index contributed by atoms with van der Waals surface area (Å²) in [6.45, 7) is 6.61. The molecule has 8 heteroatoms. The Morgan fingerprint density at radius 1 is 1.33 bits per heavy atom. The Morgan fingerprint density at radius 2 is 2.04 bits per heavy atom. The first kappa shape index (κ1) is 20.4. The summed E-state index contributed by atoms with van der Waals surface area (Å²) in [6.07, 6.45) is 0.666. The van der Waals surface area contributed by atoms with Crippen molar-refractivity contribution < 1.29 is 22.7 Å². The van der Waals surface area contributed by atoms with Gasteiger partial charge in [0.1, 0.15) is 5.75 Å². The lowest BCUT2D eigenvalue weighted by atomic mass is 10.2. The third-order valence-corrected chi connectivity index (χ3v) is 4.84. The lowest BCUT2D eigenvalue weighted by Crippen LogP contribution is -2.45. The maximum Gasteiger partial charge on any atom is 0.241 e. The van der Waals surface area contributed by atoms with E-state index in [1.54, 1.807) is 20.1 Å². The number of benzene rings is 1. The second-order valence-corrected chi connectivity index (χ2v) is 7.05. The molecule has 0 aliphatic heterocycles. The van der Waals surface area contributed by atoms with Crippen molar-refractivity contribution in [3.63, 3.8) is 0 Å². The van der Waals surface area contributed by atoms with Crippen LogP contribution in [0.4, 0.5) is 0 Å². The van der Waals surface area contributed by atoms with Crippen LogP contribution in [-0.2, 0) is 19.6 Å². The van der Waals surface area contributed by atoms with Crippen LogP contribution in [0.15, 0.2) is 23.1 Å². The van der Waals surface area contributed by atoms with E-state index in [1.807, 2.05) is 6.92 Å². The van der Waals surface area contributed by atoms with Crippen LogP contribution < -0.4 is 14.8 Å². The van der Waals surface area contributed by atoms with Crippen LogP contribution in [0.5, 0.6) is 5.75 Å². The van der Waals surface area contributed by atoms with Gasteiger partial charge in [-0.3, -0.25) is 4.79 Å². The molecule has 0 bridgehead atoms. The van der Waals surface area contributed by atoms with Gasteiger partial charge in [0.25, 0.3) is 0 Å². The van der Waals surface area contributed by atoms with Gasteiger partial charge < -0.3 is 14.8 Å². The van der Waals surface area contributed by atoms with Crippen molar-refractivity contribution in [2.24, 2.45) is 0 Å². The van der Waals surface area contributed by atoms with Crippen molar-refractivity contribution in [2.75, 3.05) is 26.9 Å². The minimum atomic E-state index is -3.79. The summed E-state index contributed by atoms with van der Waals surface area (Å²) in [5.41, 5.74) is 0.719. The molecule has 0 saturated heterocycles. The van der Waals surface area contributed by atoms with Gasteiger partial charge in [0.15, 0.2) is 0 Å². The van der Waals surface area contributed by atoms with Crippen molar-refractivity contribution >= 4 is 15.9 Å². The van der Waals surface area contributed by atoms with E-state index in [4.69, 9.17) is 9.47 Å². The zero-order valence-corrected chi connectivity index (χ0v) is 15.4. The first-order chi connectivity index (χ1) is 11.3. The number of rotatable bonds is 10. The summed E-state index contributed by atoms with van der Waals surface area (Å²) in [5.74, 6) is 0.262. The van der Waals surface area contributed by atoms with Crippen molar-refractivity contribution in [3.05, 3.63) is 23.8 Å². The van der Waals surface area contributed by atoms with Crippen LogP contribution >= 0.6 is 0 Å². The Balaban J connectivity index is 2.71. The van der Waals surface area contributed by atoms with Crippen LogP contribution in [0, 0.1) is 6.92 Å². The zero-order chi connectivity index (χ0) is 18.2. The highest BCUT2D eigenvalue weighted by Gasteiger charge is 2.22. The molecule has 24 heavy (non-hydrogen) atoms. The molecule has 0 aliphatic rings. The van der Waals surface area contributed by atoms with Gasteiger partial charge in [-0.2, -0.15) is 4.72 Å². The molecular formula is C16H26N2O5S. The predicted octanol–water partition coefficient (Wildman–Crippen LogP) is 1.21. The summed E-state index contributed by atoms with van der Waals surface area (Å²) < 4.78 is 37.5. The lowest BCUT2D eigenvalue weighted by molar-refractivity contribution is -0.122. The molecule has 1 atom stereocenters. The standard InChI is InChI=1S/C16H26N2O5S/c1-5-23-15-8-7-14(11-12(15)2)24(20,21)18-13(3)16(19)17-9-6-10-22-4/h7-8,11,13,18H,5-6,9-10H2,1-4H3,(H,17,19)/t13-/m0/s1. The second-order valence-electron chi connectivity index (χ2n) is 5.34. The fourth-order valence-electron chi connectivity index (χ4n) is 2.04. The Kier molecular flexibility index (Phi) is 8.17. The molecule has 0 spiro atoms. The van der Waals surface area contributed by atoms with Gasteiger partial charge in [-0.15, -0.1) is 0 Å². The van der Waals surface area contributed by atoms with Crippen LogP contribution in [0.2, 0.25) is 0 Å². The molecule has 0 radical (unpaired) electrons. The van der Waals surface area contributed by atoms with Gasteiger partial charge in [-0.05, 0) is 51.0 Å². The number of amides is 1. The number of hydrogen-bond acceptors (Lipinski definition) is 5. The van der Waals surface area contributed by atoms with Gasteiger partial charge in [0.05, 0.1) is 17.5 Å². The summed E-state index contributed by atoms with van der Waals surface area (Å²) >= 11 is 0. The van der Waals surface area contributed by atoms with Crippen molar-refractivity contribution in [1.82, 2.24) is 10.0 Å². The van der Waals surface area contributed by atoms with E-state index in [1.165, 1.54) is 19.1 Å². The first-order valence-electron chi connectivity index (χ1n) is 7.84. The minimum Gasteiger partial charge on any atom is -0.494 e. The number of sulfonamides is 1. The van der Waals surface area contributed by atoms with E-state index in [0.29, 0.717) is 31.9 Å². The van der Waals surface area contributed by atoms with Gasteiger partial charge in [0.2, 0.25) is 15.9 Å². The van der Waals surface area contributed by atoms with Crippen molar-refractivity contribution in [1.29, 1.82) is 0 Å². The molecule has 7 nitrogen and oxygen atoms in total. The van der Waals surface area contributed by atoms with Gasteiger partial charge in [-0.25, -0.2) is 8.42 Å². The molecule has 1 rings (SSSR count). The molecule has 0 aromatic heterocycles. The fraction of sp³-hybridized carbons (Fsp3) is 0.562. The molecule has 0 unspecified atom stereocenters. The van der Waals surface area contributed by atoms with E-state index in [0.717, 1.165) is 5.56 Å². The molecule has 0 saturated carbocycles. The topological polar surface area (TPSA) is 93.7 Å². The van der Waals surface area contributed by atoms with E-state index >= 15 is 0 Å². The van der Waals surface area contributed by atoms with Crippen LogP contribution in [0.3, 0.4) is 0 Å². The van der Waals surface area contributed by atoms with E-state index < -0.39 is 16.1 Å². The van der Waals surface area contributed by atoms with Crippen LogP contribution in [0.1, 0.15) is 25.8 Å². The Bertz CT molecular complexity index is 646. The molecule has 2 N–H and O–H groups in total. The number of nitrogens with one attached hydrogen (secondary N) is 2. The van der Waals surface area contributed by atoms with Crippen LogP contribution in [0.25, 0.3) is 0 Å². The largest absolute Gasteiger partial charge is 0.494 e. The summed E-state index contributed by atoms with van der Waals surface area (Å²) in [4.78, 5) is 12.0. The molecular weight excluding hydrogens is 332 g/mol. The lowest BCUT2D eigenvalue weighted by Gasteiger charge is -2.15. The molecule has 0 heterocycles. The highest BCUT2D eigenvalue weighted by Crippen LogP contribution is 2.21. The normalized spacial score (nSPS) is 12.7. The number of carbonyl (C=O) groups excluding carboxylic acids is 1. The predicted molar refractivity (Wildman–Crippen MR) is 91.6 cm³/mol. The third-order valence-electron chi connectivity index (χ3n) is 3.31. The molecule has 0 aliphatic carbocycles. The molecule has 1 aromatic rings. The smallest absolute Gasteiger partial charge is 0.241 e. The second kappa shape index (κ2) is 9.61. The number of hydrogen-bond donors (Lipinski definition) is 2. The van der Waals surface area contributed by atoms with Gasteiger partial charge in [-0.1, -0.05) is 0 Å². The van der Waals surface area contributed by atoms with E-state index in [-0.39, 0.29) is 10.8 Å². The monoisotopic (exact) mass is 358 g/mol. The Morgan fingerprint density at radius 3 is 2.62 bits per heavy atom. The minimum absolute atomic E-state index is 0.0995. The highest BCUT2D eigenvalue weighted by molar-refractivity contribution is 7.89. The molecule has 1 amide bonds. The van der Waals surface area contributed by atoms with E-state index in [9.17, 15) is 13.2 Å². The van der Waals surface area contributed by atoms with E-state index in [2.05, 4.69) is 10.0 Å². The summed E-state index contributed by atoms with van der Waals surface area (Å²) in [7, 11) is -2.20. The summed E-state index contributed by atoms with van der Waals surface area (Å²) in [5, 5.41) is 2.66. The fourth-order valence-corrected chi connectivity index (χ4v) is 3.33. The molecule has 136 valence electrons. The summed E-state index contributed by atoms with van der Waals surface area (Å²) in [6, 6.07) is 3.73. The maximum absolute atomic E-state index is 12.4. The number of methoxy groups -OCH3 is 1. The first-order valence-corrected chi connectivity index (χ1v) is 9.32. The van der Waals surface area contributed by atoms with Crippen molar-refractivity contribution in [2.45, 2.75) is 38.1 Å². The Labute approximate surface area is 143 Å². The molecule has 1 aromatic carbocycles. The SMILES string of the molecule is CCOc1ccc(S(=O)(=O)N[C@@H](C)C(=O)NCCCOC)cc1C. The van der Waals surface area contributed by atoms with Gasteiger partial charge >= 0.3 is 0 Å². The van der Waals surface area contributed by atoms with Crippen molar-refractivity contribution in [3.8, 4) is 5.75 Å². The number of carbonyl (C=O) groups is 1. The van der Waals surface area contributed by atoms with Crippen LogP contribution in [-0.4, -0.2) is 47.2 Å². The third kappa shape index (κ3) is 6.10. The number of ether oxygens (including phenoxy) is 2.